The molecular weight excluding hydrogens is 358 g/mol. The van der Waals surface area contributed by atoms with E-state index in [1.54, 1.807) is 0 Å². The molecule has 0 spiro atoms. The van der Waals surface area contributed by atoms with E-state index in [0.717, 1.165) is 28.0 Å². The Balaban J connectivity index is 2.88. The molecule has 0 radical (unpaired) electrons. The quantitative estimate of drug-likeness (QED) is 0.625. The van der Waals surface area contributed by atoms with Crippen LogP contribution in [0.4, 0.5) is 0 Å². The maximum atomic E-state index is 11.3. The summed E-state index contributed by atoms with van der Waals surface area (Å²) in [6.45, 7) is 17.0. The Morgan fingerprint density at radius 2 is 1.52 bits per heavy atom. The Hall–Kier alpha value is -2.13. The van der Waals surface area contributed by atoms with Gasteiger partial charge in [-0.05, 0) is 28.4 Å². The van der Waals surface area contributed by atoms with Crippen molar-refractivity contribution in [2.24, 2.45) is 10.9 Å². The Bertz CT molecular complexity index is 853. The molecule has 0 bridgehead atoms. The fraction of sp³-hybridized carbons (Fsp3) is 0.500. The van der Waals surface area contributed by atoms with Gasteiger partial charge in [-0.2, -0.15) is 0 Å². The first kappa shape index (κ1) is 23.2. The molecule has 1 unspecified atom stereocenters. The summed E-state index contributed by atoms with van der Waals surface area (Å²) in [5.74, 6) is 0.460. The number of aliphatic imine (C=N–C) groups is 1. The third kappa shape index (κ3) is 5.48. The van der Waals surface area contributed by atoms with Gasteiger partial charge in [-0.3, -0.25) is 4.99 Å². The molecule has 0 aliphatic rings. The highest BCUT2D eigenvalue weighted by Crippen LogP contribution is 2.38. The lowest BCUT2D eigenvalue weighted by molar-refractivity contribution is 0.240. The summed E-state index contributed by atoms with van der Waals surface area (Å²) in [6, 6.07) is 13.9. The first-order valence-corrected chi connectivity index (χ1v) is 10.5. The molecular formula is C26H37NO2. The number of hydrogen-bond donors (Lipinski definition) is 2. The molecule has 1 atom stereocenters. The van der Waals surface area contributed by atoms with Gasteiger partial charge in [0.25, 0.3) is 0 Å². The van der Waals surface area contributed by atoms with E-state index in [4.69, 9.17) is 4.99 Å². The predicted octanol–water partition coefficient (Wildman–Crippen LogP) is 5.84. The van der Waals surface area contributed by atoms with Gasteiger partial charge in [-0.25, -0.2) is 0 Å². The first-order valence-electron chi connectivity index (χ1n) is 10.5. The molecule has 0 fully saturated rings. The summed E-state index contributed by atoms with van der Waals surface area (Å²) < 4.78 is 0. The van der Waals surface area contributed by atoms with Crippen LogP contribution in [-0.4, -0.2) is 28.6 Å². The van der Waals surface area contributed by atoms with Crippen molar-refractivity contribution in [1.82, 2.24) is 0 Å². The van der Waals surface area contributed by atoms with E-state index in [2.05, 4.69) is 67.5 Å². The highest BCUT2D eigenvalue weighted by molar-refractivity contribution is 6.15. The van der Waals surface area contributed by atoms with Crippen LogP contribution < -0.4 is 0 Å². The second-order valence-corrected chi connectivity index (χ2v) is 10.3. The molecule has 0 saturated heterocycles. The third-order valence-corrected chi connectivity index (χ3v) is 5.34. The van der Waals surface area contributed by atoms with Crippen LogP contribution in [0.15, 0.2) is 47.5 Å². The van der Waals surface area contributed by atoms with Gasteiger partial charge in [0, 0.05) is 16.7 Å². The second-order valence-electron chi connectivity index (χ2n) is 10.3. The van der Waals surface area contributed by atoms with E-state index >= 15 is 0 Å². The maximum Gasteiger partial charge on any atom is 0.128 e. The van der Waals surface area contributed by atoms with Crippen LogP contribution in [0.2, 0.25) is 0 Å². The van der Waals surface area contributed by atoms with Crippen LogP contribution in [0.5, 0.6) is 5.75 Å². The van der Waals surface area contributed by atoms with Gasteiger partial charge < -0.3 is 10.2 Å². The van der Waals surface area contributed by atoms with Crippen LogP contribution in [0.3, 0.4) is 0 Å². The molecule has 3 nitrogen and oxygen atoms in total. The number of aromatic hydroxyl groups is 1. The van der Waals surface area contributed by atoms with Crippen LogP contribution >= 0.6 is 0 Å². The molecule has 0 saturated carbocycles. The van der Waals surface area contributed by atoms with Crippen molar-refractivity contribution in [1.29, 1.82) is 0 Å². The Morgan fingerprint density at radius 1 is 0.931 bits per heavy atom. The number of aliphatic hydroxyl groups excluding tert-OH is 1. The lowest BCUT2D eigenvalue weighted by Gasteiger charge is -2.28. The van der Waals surface area contributed by atoms with Crippen LogP contribution in [0.1, 0.15) is 77.6 Å². The number of phenolic OH excluding ortho intramolecular Hbond substituents is 1. The minimum absolute atomic E-state index is 0.0279. The molecule has 0 aliphatic carbocycles. The van der Waals surface area contributed by atoms with E-state index in [1.807, 2.05) is 30.3 Å². The maximum absolute atomic E-state index is 11.3. The van der Waals surface area contributed by atoms with Crippen molar-refractivity contribution in [3.63, 3.8) is 0 Å². The molecule has 0 heterocycles. The summed E-state index contributed by atoms with van der Waals surface area (Å²) in [6.07, 6.45) is 0. The van der Waals surface area contributed by atoms with Crippen molar-refractivity contribution < 1.29 is 10.2 Å². The van der Waals surface area contributed by atoms with E-state index in [1.165, 1.54) is 0 Å². The Labute approximate surface area is 176 Å². The van der Waals surface area contributed by atoms with Gasteiger partial charge >= 0.3 is 0 Å². The lowest BCUT2D eigenvalue weighted by Crippen LogP contribution is -2.22. The number of phenols is 1. The van der Waals surface area contributed by atoms with E-state index in [-0.39, 0.29) is 35.1 Å². The Kier molecular flexibility index (Phi) is 6.95. The van der Waals surface area contributed by atoms with Crippen LogP contribution in [0, 0.1) is 5.92 Å². The molecule has 0 amide bonds. The molecule has 0 aromatic heterocycles. The minimum atomic E-state index is -0.235. The van der Waals surface area contributed by atoms with Crippen LogP contribution in [0.25, 0.3) is 0 Å². The smallest absolute Gasteiger partial charge is 0.128 e. The summed E-state index contributed by atoms with van der Waals surface area (Å²) in [7, 11) is 0. The molecule has 29 heavy (non-hydrogen) atoms. The van der Waals surface area contributed by atoms with Crippen molar-refractivity contribution in [2.45, 2.75) is 72.3 Å². The number of rotatable bonds is 5. The largest absolute Gasteiger partial charge is 0.507 e. The number of nitrogens with zero attached hydrogens (tertiary/aromatic N) is 1. The van der Waals surface area contributed by atoms with Gasteiger partial charge in [-0.15, -0.1) is 0 Å². The monoisotopic (exact) mass is 395 g/mol. The highest BCUT2D eigenvalue weighted by Gasteiger charge is 2.27. The SMILES string of the molecule is CC(C)C(CO)N=C(c1ccccc1)c1cc(C(C)(C)C)cc(C(C)(C)C)c1O. The zero-order chi connectivity index (χ0) is 22.0. The average molecular weight is 396 g/mol. The van der Waals surface area contributed by atoms with Gasteiger partial charge in [-0.1, -0.05) is 91.8 Å². The van der Waals surface area contributed by atoms with Gasteiger partial charge in [0.2, 0.25) is 0 Å². The number of hydrogen-bond acceptors (Lipinski definition) is 3. The molecule has 3 heteroatoms. The van der Waals surface area contributed by atoms with E-state index < -0.39 is 0 Å². The van der Waals surface area contributed by atoms with E-state index in [0.29, 0.717) is 0 Å². The summed E-state index contributed by atoms with van der Waals surface area (Å²) in [4.78, 5) is 4.95. The normalized spacial score (nSPS) is 14.3. The van der Waals surface area contributed by atoms with Crippen molar-refractivity contribution in [2.75, 3.05) is 6.61 Å². The molecule has 2 aromatic rings. The summed E-state index contributed by atoms with van der Waals surface area (Å²) >= 11 is 0. The van der Waals surface area contributed by atoms with Gasteiger partial charge in [0.05, 0.1) is 18.4 Å². The first-order chi connectivity index (χ1) is 13.4. The molecule has 0 aliphatic heterocycles. The Morgan fingerprint density at radius 3 is 1.97 bits per heavy atom. The molecule has 158 valence electrons. The summed E-state index contributed by atoms with van der Waals surface area (Å²) in [5.41, 5.74) is 4.18. The summed E-state index contributed by atoms with van der Waals surface area (Å²) in [5, 5.41) is 21.2. The van der Waals surface area contributed by atoms with Crippen molar-refractivity contribution in [3.8, 4) is 5.75 Å². The fourth-order valence-electron chi connectivity index (χ4n) is 3.28. The van der Waals surface area contributed by atoms with E-state index in [9.17, 15) is 10.2 Å². The number of aliphatic hydroxyl groups is 1. The standard InChI is InChI=1S/C26H37NO2/c1-17(2)22(16-28)27-23(18-12-10-9-11-13-18)20-14-19(25(3,4)5)15-21(24(20)29)26(6,7)8/h9-15,17,22,28-29H,16H2,1-8H3. The fourth-order valence-corrected chi connectivity index (χ4v) is 3.28. The molecule has 2 rings (SSSR count). The van der Waals surface area contributed by atoms with Crippen LogP contribution in [-0.2, 0) is 10.8 Å². The zero-order valence-electron chi connectivity index (χ0n) is 19.2. The highest BCUT2D eigenvalue weighted by atomic mass is 16.3. The van der Waals surface area contributed by atoms with Gasteiger partial charge in [0.15, 0.2) is 0 Å². The van der Waals surface area contributed by atoms with Crippen molar-refractivity contribution in [3.05, 3.63) is 64.7 Å². The predicted molar refractivity (Wildman–Crippen MR) is 123 cm³/mol. The lowest BCUT2D eigenvalue weighted by atomic mass is 9.78. The second kappa shape index (κ2) is 8.71. The average Bonchev–Trinajstić information content (AvgIpc) is 2.62. The number of benzene rings is 2. The molecule has 2 N–H and O–H groups in total. The minimum Gasteiger partial charge on any atom is -0.507 e. The topological polar surface area (TPSA) is 52.8 Å². The van der Waals surface area contributed by atoms with Crippen molar-refractivity contribution >= 4 is 5.71 Å². The molecule has 2 aromatic carbocycles. The third-order valence-electron chi connectivity index (χ3n) is 5.34. The van der Waals surface area contributed by atoms with Gasteiger partial charge in [0.1, 0.15) is 5.75 Å². The zero-order valence-corrected chi connectivity index (χ0v) is 19.2.